The lowest BCUT2D eigenvalue weighted by Gasteiger charge is -2.34. The first-order valence-electron chi connectivity index (χ1n) is 7.09. The summed E-state index contributed by atoms with van der Waals surface area (Å²) in [6.45, 7) is 0.934. The number of hydrogen-bond acceptors (Lipinski definition) is 2. The third kappa shape index (κ3) is 3.95. The van der Waals surface area contributed by atoms with Crippen molar-refractivity contribution in [3.63, 3.8) is 0 Å². The normalized spacial score (nSPS) is 17.9. The lowest BCUT2D eigenvalue weighted by molar-refractivity contribution is -0.137. The van der Waals surface area contributed by atoms with E-state index >= 15 is 0 Å². The SMILES string of the molecule is CN(CC1CCC1)C(CN)c1cc(F)cc(C(F)(F)F)c1. The van der Waals surface area contributed by atoms with Crippen LogP contribution in [0.1, 0.15) is 36.4 Å². The molecule has 0 aromatic heterocycles. The van der Waals surface area contributed by atoms with Crippen molar-refractivity contribution in [1.82, 2.24) is 4.90 Å². The highest BCUT2D eigenvalue weighted by atomic mass is 19.4. The van der Waals surface area contributed by atoms with Crippen LogP contribution in [0.15, 0.2) is 18.2 Å². The molecule has 1 aliphatic rings. The van der Waals surface area contributed by atoms with Crippen molar-refractivity contribution in [3.05, 3.63) is 35.1 Å². The Morgan fingerprint density at radius 1 is 1.29 bits per heavy atom. The van der Waals surface area contributed by atoms with E-state index in [-0.39, 0.29) is 12.1 Å². The predicted octanol–water partition coefficient (Wildman–Crippen LogP) is 3.58. The molecule has 1 atom stereocenters. The molecule has 0 heterocycles. The first-order valence-corrected chi connectivity index (χ1v) is 7.09. The highest BCUT2D eigenvalue weighted by molar-refractivity contribution is 5.29. The Balaban J connectivity index is 2.22. The molecule has 1 aliphatic carbocycles. The molecule has 21 heavy (non-hydrogen) atoms. The van der Waals surface area contributed by atoms with Crippen LogP contribution in [0.5, 0.6) is 0 Å². The smallest absolute Gasteiger partial charge is 0.329 e. The van der Waals surface area contributed by atoms with E-state index < -0.39 is 23.6 Å². The van der Waals surface area contributed by atoms with Crippen LogP contribution in [0, 0.1) is 11.7 Å². The van der Waals surface area contributed by atoms with Gasteiger partial charge in [-0.2, -0.15) is 13.2 Å². The van der Waals surface area contributed by atoms with Gasteiger partial charge in [0.25, 0.3) is 0 Å². The Hall–Kier alpha value is -1.14. The Kier molecular flexibility index (Phi) is 4.88. The molecule has 0 bridgehead atoms. The average molecular weight is 304 g/mol. The fourth-order valence-electron chi connectivity index (χ4n) is 2.75. The van der Waals surface area contributed by atoms with E-state index in [0.717, 1.165) is 31.5 Å². The maximum atomic E-state index is 13.5. The summed E-state index contributed by atoms with van der Waals surface area (Å²) < 4.78 is 51.8. The molecule has 2 rings (SSSR count). The minimum Gasteiger partial charge on any atom is -0.329 e. The third-order valence-corrected chi connectivity index (χ3v) is 4.16. The average Bonchev–Trinajstić information content (AvgIpc) is 2.33. The first kappa shape index (κ1) is 16.2. The van der Waals surface area contributed by atoms with Gasteiger partial charge in [0.05, 0.1) is 5.56 Å². The van der Waals surface area contributed by atoms with Gasteiger partial charge in [0.15, 0.2) is 0 Å². The maximum Gasteiger partial charge on any atom is 0.416 e. The first-order chi connectivity index (χ1) is 9.81. The van der Waals surface area contributed by atoms with Crippen molar-refractivity contribution in [1.29, 1.82) is 0 Å². The van der Waals surface area contributed by atoms with Gasteiger partial charge in [-0.3, -0.25) is 4.90 Å². The number of nitrogens with two attached hydrogens (primary N) is 1. The van der Waals surface area contributed by atoms with Crippen molar-refractivity contribution in [2.75, 3.05) is 20.1 Å². The number of halogens is 4. The molecule has 1 aromatic rings. The summed E-state index contributed by atoms with van der Waals surface area (Å²) in [6.07, 6.45) is -1.08. The van der Waals surface area contributed by atoms with Crippen molar-refractivity contribution in [3.8, 4) is 0 Å². The third-order valence-electron chi connectivity index (χ3n) is 4.16. The van der Waals surface area contributed by atoms with Gasteiger partial charge in [0.2, 0.25) is 0 Å². The van der Waals surface area contributed by atoms with Crippen LogP contribution in [0.3, 0.4) is 0 Å². The largest absolute Gasteiger partial charge is 0.416 e. The van der Waals surface area contributed by atoms with Crippen LogP contribution in [0.2, 0.25) is 0 Å². The standard InChI is InChI=1S/C15H20F4N2/c1-21(9-10-3-2-4-10)14(8-20)11-5-12(15(17,18)19)7-13(16)6-11/h5-7,10,14H,2-4,8-9,20H2,1H3. The van der Waals surface area contributed by atoms with E-state index in [4.69, 9.17) is 5.73 Å². The molecule has 1 saturated carbocycles. The van der Waals surface area contributed by atoms with Crippen molar-refractivity contribution >= 4 is 0 Å². The minimum absolute atomic E-state index is 0.157. The van der Waals surface area contributed by atoms with Crippen LogP contribution in [-0.2, 0) is 6.18 Å². The number of hydrogen-bond donors (Lipinski definition) is 1. The Morgan fingerprint density at radius 2 is 1.95 bits per heavy atom. The number of nitrogens with zero attached hydrogens (tertiary/aromatic N) is 1. The van der Waals surface area contributed by atoms with Crippen LogP contribution in [0.25, 0.3) is 0 Å². The molecule has 0 amide bonds. The van der Waals surface area contributed by atoms with E-state index in [0.29, 0.717) is 12.0 Å². The molecule has 6 heteroatoms. The summed E-state index contributed by atoms with van der Waals surface area (Å²) in [4.78, 5) is 1.93. The lowest BCUT2D eigenvalue weighted by atomic mass is 9.84. The Bertz CT molecular complexity index is 483. The van der Waals surface area contributed by atoms with E-state index in [9.17, 15) is 17.6 Å². The van der Waals surface area contributed by atoms with Crippen molar-refractivity contribution in [2.24, 2.45) is 11.7 Å². The van der Waals surface area contributed by atoms with E-state index in [1.54, 1.807) is 0 Å². The van der Waals surface area contributed by atoms with E-state index in [1.165, 1.54) is 6.42 Å². The van der Waals surface area contributed by atoms with Gasteiger partial charge in [-0.1, -0.05) is 6.42 Å². The van der Waals surface area contributed by atoms with Gasteiger partial charge in [-0.05, 0) is 49.6 Å². The molecule has 118 valence electrons. The molecule has 1 unspecified atom stereocenters. The summed E-state index contributed by atoms with van der Waals surface area (Å²) in [5, 5.41) is 0. The summed E-state index contributed by atoms with van der Waals surface area (Å²) >= 11 is 0. The number of rotatable bonds is 5. The van der Waals surface area contributed by atoms with Crippen LogP contribution in [0.4, 0.5) is 17.6 Å². The van der Waals surface area contributed by atoms with E-state index in [1.807, 2.05) is 11.9 Å². The van der Waals surface area contributed by atoms with Crippen LogP contribution >= 0.6 is 0 Å². The fourth-order valence-corrected chi connectivity index (χ4v) is 2.75. The molecule has 1 aromatic carbocycles. The van der Waals surface area contributed by atoms with Gasteiger partial charge in [-0.15, -0.1) is 0 Å². The van der Waals surface area contributed by atoms with Crippen molar-refractivity contribution in [2.45, 2.75) is 31.5 Å². The van der Waals surface area contributed by atoms with E-state index in [2.05, 4.69) is 0 Å². The molecule has 2 N–H and O–H groups in total. The van der Waals surface area contributed by atoms with Gasteiger partial charge in [0.1, 0.15) is 5.82 Å². The zero-order valence-corrected chi connectivity index (χ0v) is 12.0. The molecule has 1 fully saturated rings. The second-order valence-corrected chi connectivity index (χ2v) is 5.76. The Labute approximate surface area is 121 Å². The quantitative estimate of drug-likeness (QED) is 0.843. The molecule has 2 nitrogen and oxygen atoms in total. The summed E-state index contributed by atoms with van der Waals surface area (Å²) in [7, 11) is 1.83. The molecule has 0 radical (unpaired) electrons. The second kappa shape index (κ2) is 6.32. The molecular formula is C15H20F4N2. The van der Waals surface area contributed by atoms with Crippen molar-refractivity contribution < 1.29 is 17.6 Å². The highest BCUT2D eigenvalue weighted by Crippen LogP contribution is 2.34. The lowest BCUT2D eigenvalue weighted by Crippen LogP contribution is -2.36. The van der Waals surface area contributed by atoms with Gasteiger partial charge in [-0.25, -0.2) is 4.39 Å². The number of benzene rings is 1. The van der Waals surface area contributed by atoms with Crippen LogP contribution < -0.4 is 5.73 Å². The topological polar surface area (TPSA) is 29.3 Å². The number of alkyl halides is 3. The molecule has 0 spiro atoms. The second-order valence-electron chi connectivity index (χ2n) is 5.76. The minimum atomic E-state index is -4.55. The van der Waals surface area contributed by atoms with Gasteiger partial charge >= 0.3 is 6.18 Å². The predicted molar refractivity (Wildman–Crippen MR) is 73.2 cm³/mol. The Morgan fingerprint density at radius 3 is 2.43 bits per heavy atom. The van der Waals surface area contributed by atoms with Gasteiger partial charge < -0.3 is 5.73 Å². The molecular weight excluding hydrogens is 284 g/mol. The number of likely N-dealkylation sites (N-methyl/N-ethyl adjacent to an activating group) is 1. The summed E-state index contributed by atoms with van der Waals surface area (Å²) in [6, 6.07) is 2.26. The summed E-state index contributed by atoms with van der Waals surface area (Å²) in [5.41, 5.74) is 5.02. The zero-order chi connectivity index (χ0) is 15.6. The summed E-state index contributed by atoms with van der Waals surface area (Å²) in [5.74, 6) is -0.310. The zero-order valence-electron chi connectivity index (χ0n) is 12.0. The van der Waals surface area contributed by atoms with Gasteiger partial charge in [0, 0.05) is 19.1 Å². The maximum absolute atomic E-state index is 13.5. The fraction of sp³-hybridized carbons (Fsp3) is 0.600. The highest BCUT2D eigenvalue weighted by Gasteiger charge is 2.32. The van der Waals surface area contributed by atoms with Crippen LogP contribution in [-0.4, -0.2) is 25.0 Å². The monoisotopic (exact) mass is 304 g/mol. The molecule has 0 aliphatic heterocycles. The molecule has 0 saturated heterocycles.